The van der Waals surface area contributed by atoms with Crippen LogP contribution in [-0.4, -0.2) is 19.1 Å². The lowest BCUT2D eigenvalue weighted by atomic mass is 9.65. The van der Waals surface area contributed by atoms with Gasteiger partial charge in [-0.15, -0.1) is 0 Å². The van der Waals surface area contributed by atoms with Crippen LogP contribution in [0, 0.1) is 5.92 Å². The SMILES string of the molecule is CCOc1cccc2c1OCC1C2Nc2ccc(C(N)=O)cc2C1(C)C. The number of fused-ring (bicyclic) bond motifs is 4. The Hall–Kier alpha value is -2.69. The van der Waals surface area contributed by atoms with Crippen LogP contribution in [0.1, 0.15) is 48.3 Å². The predicted octanol–water partition coefficient (Wildman–Crippen LogP) is 3.64. The van der Waals surface area contributed by atoms with Crippen molar-refractivity contribution in [2.45, 2.75) is 32.2 Å². The number of nitrogens with one attached hydrogen (secondary N) is 1. The third-order valence-electron chi connectivity index (χ3n) is 5.69. The summed E-state index contributed by atoms with van der Waals surface area (Å²) in [7, 11) is 0. The maximum Gasteiger partial charge on any atom is 0.248 e. The molecule has 0 saturated heterocycles. The van der Waals surface area contributed by atoms with Crippen molar-refractivity contribution in [2.75, 3.05) is 18.5 Å². The molecule has 136 valence electrons. The number of nitrogens with two attached hydrogens (primary N) is 1. The van der Waals surface area contributed by atoms with Gasteiger partial charge in [0, 0.05) is 28.1 Å². The minimum absolute atomic E-state index is 0.126. The van der Waals surface area contributed by atoms with Gasteiger partial charge in [-0.25, -0.2) is 0 Å². The fourth-order valence-electron chi connectivity index (χ4n) is 4.21. The Morgan fingerprint density at radius 3 is 2.88 bits per heavy atom. The Morgan fingerprint density at radius 2 is 2.15 bits per heavy atom. The lowest BCUT2D eigenvalue weighted by molar-refractivity contribution is 0.0999. The van der Waals surface area contributed by atoms with Crippen LogP contribution in [0.3, 0.4) is 0 Å². The van der Waals surface area contributed by atoms with E-state index in [-0.39, 0.29) is 17.4 Å². The van der Waals surface area contributed by atoms with Crippen LogP contribution in [-0.2, 0) is 5.41 Å². The topological polar surface area (TPSA) is 73.6 Å². The number of carbonyl (C=O) groups is 1. The van der Waals surface area contributed by atoms with Gasteiger partial charge in [0.2, 0.25) is 5.91 Å². The summed E-state index contributed by atoms with van der Waals surface area (Å²) < 4.78 is 11.9. The van der Waals surface area contributed by atoms with Gasteiger partial charge in [-0.3, -0.25) is 4.79 Å². The van der Waals surface area contributed by atoms with Crippen LogP contribution in [0.4, 0.5) is 5.69 Å². The largest absolute Gasteiger partial charge is 0.490 e. The van der Waals surface area contributed by atoms with Crippen LogP contribution in [0.25, 0.3) is 0 Å². The van der Waals surface area contributed by atoms with E-state index in [1.54, 1.807) is 6.07 Å². The lowest BCUT2D eigenvalue weighted by Gasteiger charge is -2.48. The van der Waals surface area contributed by atoms with Crippen LogP contribution < -0.4 is 20.5 Å². The van der Waals surface area contributed by atoms with Crippen molar-refractivity contribution >= 4 is 11.6 Å². The number of carbonyl (C=O) groups excluding carboxylic acids is 1. The van der Waals surface area contributed by atoms with E-state index < -0.39 is 5.91 Å². The van der Waals surface area contributed by atoms with Gasteiger partial charge in [0.25, 0.3) is 0 Å². The van der Waals surface area contributed by atoms with E-state index >= 15 is 0 Å². The van der Waals surface area contributed by atoms with Crippen molar-refractivity contribution < 1.29 is 14.3 Å². The molecule has 2 aliphatic heterocycles. The van der Waals surface area contributed by atoms with Gasteiger partial charge in [-0.05, 0) is 36.8 Å². The summed E-state index contributed by atoms with van der Waals surface area (Å²) in [4.78, 5) is 11.6. The summed E-state index contributed by atoms with van der Waals surface area (Å²) >= 11 is 0. The molecule has 2 aliphatic rings. The first-order valence-corrected chi connectivity index (χ1v) is 9.03. The number of ether oxygens (including phenoxy) is 2. The average molecular weight is 352 g/mol. The Kier molecular flexibility index (Phi) is 3.83. The maximum absolute atomic E-state index is 11.6. The minimum Gasteiger partial charge on any atom is -0.490 e. The molecule has 1 amide bonds. The van der Waals surface area contributed by atoms with Crippen molar-refractivity contribution in [3.8, 4) is 11.5 Å². The molecule has 5 nitrogen and oxygen atoms in total. The molecule has 0 bridgehead atoms. The van der Waals surface area contributed by atoms with Gasteiger partial charge in [0.15, 0.2) is 11.5 Å². The second-order valence-electron chi connectivity index (χ2n) is 7.49. The molecule has 4 rings (SSSR count). The Labute approximate surface area is 153 Å². The van der Waals surface area contributed by atoms with Gasteiger partial charge in [0.1, 0.15) is 0 Å². The maximum atomic E-state index is 11.6. The highest BCUT2D eigenvalue weighted by Gasteiger charge is 2.47. The number of benzene rings is 2. The van der Waals surface area contributed by atoms with E-state index in [4.69, 9.17) is 15.2 Å². The summed E-state index contributed by atoms with van der Waals surface area (Å²) in [5.41, 5.74) is 9.10. The number of hydrogen-bond donors (Lipinski definition) is 2. The van der Waals surface area contributed by atoms with Crippen LogP contribution in [0.5, 0.6) is 11.5 Å². The van der Waals surface area contributed by atoms with Crippen molar-refractivity contribution in [3.63, 3.8) is 0 Å². The molecular formula is C21H24N2O3. The summed E-state index contributed by atoms with van der Waals surface area (Å²) in [6.07, 6.45) is 0. The lowest BCUT2D eigenvalue weighted by Crippen LogP contribution is -2.46. The van der Waals surface area contributed by atoms with Crippen LogP contribution >= 0.6 is 0 Å². The van der Waals surface area contributed by atoms with E-state index in [2.05, 4.69) is 25.2 Å². The summed E-state index contributed by atoms with van der Waals surface area (Å²) in [6.45, 7) is 7.57. The molecule has 2 aromatic rings. The number of amides is 1. The second-order valence-corrected chi connectivity index (χ2v) is 7.49. The first-order chi connectivity index (χ1) is 12.4. The molecule has 26 heavy (non-hydrogen) atoms. The van der Waals surface area contributed by atoms with E-state index in [9.17, 15) is 4.79 Å². The van der Waals surface area contributed by atoms with Gasteiger partial charge in [0.05, 0.1) is 19.3 Å². The molecule has 0 spiro atoms. The average Bonchev–Trinajstić information content (AvgIpc) is 2.62. The number of para-hydroxylation sites is 1. The van der Waals surface area contributed by atoms with Gasteiger partial charge < -0.3 is 20.5 Å². The molecule has 2 unspecified atom stereocenters. The highest BCUT2D eigenvalue weighted by atomic mass is 16.5. The number of hydrogen-bond acceptors (Lipinski definition) is 4. The molecule has 3 N–H and O–H groups in total. The zero-order chi connectivity index (χ0) is 18.5. The number of anilines is 1. The van der Waals surface area contributed by atoms with Crippen molar-refractivity contribution in [3.05, 3.63) is 53.1 Å². The second kappa shape index (κ2) is 5.94. The smallest absolute Gasteiger partial charge is 0.248 e. The molecule has 0 fully saturated rings. The van der Waals surface area contributed by atoms with E-state index in [1.807, 2.05) is 31.2 Å². The highest BCUT2D eigenvalue weighted by molar-refractivity contribution is 5.93. The minimum atomic E-state index is -0.405. The fourth-order valence-corrected chi connectivity index (χ4v) is 4.21. The quantitative estimate of drug-likeness (QED) is 0.884. The normalized spacial score (nSPS) is 22.1. The molecule has 2 heterocycles. The summed E-state index contributed by atoms with van der Waals surface area (Å²) in [5, 5.41) is 3.66. The highest BCUT2D eigenvalue weighted by Crippen LogP contribution is 2.53. The Morgan fingerprint density at radius 1 is 1.35 bits per heavy atom. The van der Waals surface area contributed by atoms with Crippen molar-refractivity contribution in [1.29, 1.82) is 0 Å². The first kappa shape index (κ1) is 16.8. The first-order valence-electron chi connectivity index (χ1n) is 9.03. The van der Waals surface area contributed by atoms with Crippen molar-refractivity contribution in [2.24, 2.45) is 11.7 Å². The Bertz CT molecular complexity index is 876. The molecule has 0 aromatic heterocycles. The zero-order valence-corrected chi connectivity index (χ0v) is 15.3. The Balaban J connectivity index is 1.81. The molecule has 0 saturated carbocycles. The monoisotopic (exact) mass is 352 g/mol. The van der Waals surface area contributed by atoms with Gasteiger partial charge in [-0.1, -0.05) is 26.0 Å². The molecular weight excluding hydrogens is 328 g/mol. The summed E-state index contributed by atoms with van der Waals surface area (Å²) in [6, 6.07) is 11.8. The molecule has 5 heteroatoms. The number of rotatable bonds is 3. The summed E-state index contributed by atoms with van der Waals surface area (Å²) in [5.74, 6) is 1.44. The van der Waals surface area contributed by atoms with Gasteiger partial charge in [-0.2, -0.15) is 0 Å². The van der Waals surface area contributed by atoms with Gasteiger partial charge >= 0.3 is 0 Å². The third kappa shape index (κ3) is 2.42. The fraction of sp³-hybridized carbons (Fsp3) is 0.381. The van der Waals surface area contributed by atoms with E-state index in [1.165, 1.54) is 0 Å². The zero-order valence-electron chi connectivity index (χ0n) is 15.3. The molecule has 0 aliphatic carbocycles. The third-order valence-corrected chi connectivity index (χ3v) is 5.69. The molecule has 2 atom stereocenters. The van der Waals surface area contributed by atoms with E-state index in [0.717, 1.165) is 28.3 Å². The predicted molar refractivity (Wildman–Crippen MR) is 101 cm³/mol. The standard InChI is InChI=1S/C21H24N2O3/c1-4-25-17-7-5-6-13-18-15(11-26-19(13)17)21(2,3)14-10-12(20(22)24)8-9-16(14)23-18/h5-10,15,18,23H,4,11H2,1-3H3,(H2,22,24). The number of primary amides is 1. The van der Waals surface area contributed by atoms with Crippen LogP contribution in [0.2, 0.25) is 0 Å². The van der Waals surface area contributed by atoms with E-state index in [0.29, 0.717) is 18.8 Å². The van der Waals surface area contributed by atoms with Crippen LogP contribution in [0.15, 0.2) is 36.4 Å². The molecule has 2 aromatic carbocycles. The molecule has 0 radical (unpaired) electrons. The van der Waals surface area contributed by atoms with Crippen molar-refractivity contribution in [1.82, 2.24) is 0 Å².